The van der Waals surface area contributed by atoms with Gasteiger partial charge in [0, 0.05) is 6.04 Å². The summed E-state index contributed by atoms with van der Waals surface area (Å²) in [7, 11) is 1.48. The minimum absolute atomic E-state index is 0.0608. The highest BCUT2D eigenvalue weighted by molar-refractivity contribution is 5.33. The van der Waals surface area contributed by atoms with Crippen molar-refractivity contribution in [2.24, 2.45) is 0 Å². The molecule has 1 N–H and O–H groups in total. The van der Waals surface area contributed by atoms with Crippen molar-refractivity contribution in [3.63, 3.8) is 0 Å². The second-order valence-corrected chi connectivity index (χ2v) is 5.40. The normalized spacial score (nSPS) is 13.4. The quantitative estimate of drug-likeness (QED) is 0.837. The third-order valence-electron chi connectivity index (χ3n) is 3.30. The Morgan fingerprint density at radius 2 is 2.06 bits per heavy atom. The standard InChI is InChI=1S/C15H24FNO/c1-6-17-11(2)10-15(3,4)12-7-8-14(18-5)13(16)9-12/h7-9,11,17H,6,10H2,1-5H3. The van der Waals surface area contributed by atoms with Crippen LogP contribution < -0.4 is 10.1 Å². The van der Waals surface area contributed by atoms with Crippen molar-refractivity contribution in [3.8, 4) is 5.75 Å². The number of benzene rings is 1. The lowest BCUT2D eigenvalue weighted by Crippen LogP contribution is -2.33. The van der Waals surface area contributed by atoms with Gasteiger partial charge in [-0.1, -0.05) is 26.8 Å². The minimum Gasteiger partial charge on any atom is -0.494 e. The molecule has 18 heavy (non-hydrogen) atoms. The second kappa shape index (κ2) is 6.19. The van der Waals surface area contributed by atoms with E-state index in [9.17, 15) is 4.39 Å². The van der Waals surface area contributed by atoms with Gasteiger partial charge in [-0.15, -0.1) is 0 Å². The Morgan fingerprint density at radius 1 is 1.39 bits per heavy atom. The van der Waals surface area contributed by atoms with Crippen LogP contribution in [0.15, 0.2) is 18.2 Å². The fraction of sp³-hybridized carbons (Fsp3) is 0.600. The molecule has 1 aromatic carbocycles. The van der Waals surface area contributed by atoms with E-state index in [1.54, 1.807) is 12.1 Å². The number of halogens is 1. The highest BCUT2D eigenvalue weighted by Crippen LogP contribution is 2.31. The molecule has 3 heteroatoms. The summed E-state index contributed by atoms with van der Waals surface area (Å²) in [6.07, 6.45) is 0.965. The highest BCUT2D eigenvalue weighted by atomic mass is 19.1. The first-order chi connectivity index (χ1) is 8.40. The molecule has 0 saturated heterocycles. The van der Waals surface area contributed by atoms with E-state index in [1.807, 2.05) is 6.07 Å². The van der Waals surface area contributed by atoms with E-state index in [0.29, 0.717) is 11.8 Å². The van der Waals surface area contributed by atoms with Gasteiger partial charge in [-0.05, 0) is 43.0 Å². The molecule has 0 spiro atoms. The highest BCUT2D eigenvalue weighted by Gasteiger charge is 2.24. The van der Waals surface area contributed by atoms with Gasteiger partial charge < -0.3 is 10.1 Å². The summed E-state index contributed by atoms with van der Waals surface area (Å²) in [5.74, 6) is 0.00783. The average molecular weight is 253 g/mol. The van der Waals surface area contributed by atoms with E-state index >= 15 is 0 Å². The van der Waals surface area contributed by atoms with Crippen molar-refractivity contribution >= 4 is 0 Å². The van der Waals surface area contributed by atoms with Gasteiger partial charge in [-0.2, -0.15) is 0 Å². The van der Waals surface area contributed by atoms with E-state index < -0.39 is 0 Å². The SMILES string of the molecule is CCNC(C)CC(C)(C)c1ccc(OC)c(F)c1. The Labute approximate surface area is 110 Å². The zero-order valence-electron chi connectivity index (χ0n) is 12.0. The van der Waals surface area contributed by atoms with Crippen LogP contribution in [0.4, 0.5) is 4.39 Å². The molecule has 1 unspecified atom stereocenters. The number of hydrogen-bond acceptors (Lipinski definition) is 2. The van der Waals surface area contributed by atoms with E-state index in [0.717, 1.165) is 18.5 Å². The van der Waals surface area contributed by atoms with Gasteiger partial charge in [0.2, 0.25) is 0 Å². The molecule has 1 rings (SSSR count). The molecule has 0 heterocycles. The van der Waals surface area contributed by atoms with Crippen LogP contribution in [0.3, 0.4) is 0 Å². The fourth-order valence-corrected chi connectivity index (χ4v) is 2.39. The van der Waals surface area contributed by atoms with Crippen LogP contribution in [0.5, 0.6) is 5.75 Å². The Hall–Kier alpha value is -1.09. The first-order valence-electron chi connectivity index (χ1n) is 6.48. The summed E-state index contributed by atoms with van der Waals surface area (Å²) < 4.78 is 18.7. The summed E-state index contributed by atoms with van der Waals surface area (Å²) in [6.45, 7) is 9.49. The van der Waals surface area contributed by atoms with Gasteiger partial charge in [0.05, 0.1) is 7.11 Å². The number of rotatable bonds is 6. The largest absolute Gasteiger partial charge is 0.494 e. The predicted molar refractivity (Wildman–Crippen MR) is 73.7 cm³/mol. The first kappa shape index (κ1) is 15.0. The lowest BCUT2D eigenvalue weighted by molar-refractivity contribution is 0.377. The van der Waals surface area contributed by atoms with Gasteiger partial charge in [0.15, 0.2) is 11.6 Å². The summed E-state index contributed by atoms with van der Waals surface area (Å²) in [5.41, 5.74) is 0.944. The molecule has 0 aliphatic heterocycles. The molecule has 0 bridgehead atoms. The number of nitrogens with one attached hydrogen (secondary N) is 1. The van der Waals surface area contributed by atoms with Crippen molar-refractivity contribution in [1.29, 1.82) is 0 Å². The van der Waals surface area contributed by atoms with E-state index in [4.69, 9.17) is 4.74 Å². The van der Waals surface area contributed by atoms with Crippen LogP contribution in [0.1, 0.15) is 39.7 Å². The smallest absolute Gasteiger partial charge is 0.165 e. The molecule has 0 radical (unpaired) electrons. The molecule has 0 aliphatic rings. The average Bonchev–Trinajstić information content (AvgIpc) is 2.28. The van der Waals surface area contributed by atoms with Crippen LogP contribution >= 0.6 is 0 Å². The Morgan fingerprint density at radius 3 is 2.56 bits per heavy atom. The van der Waals surface area contributed by atoms with Crippen molar-refractivity contribution in [1.82, 2.24) is 5.32 Å². The summed E-state index contributed by atoms with van der Waals surface area (Å²) in [5, 5.41) is 3.39. The minimum atomic E-state index is -0.292. The van der Waals surface area contributed by atoms with E-state index in [1.165, 1.54) is 7.11 Å². The molecule has 0 amide bonds. The maximum atomic E-state index is 13.7. The zero-order chi connectivity index (χ0) is 13.8. The molecule has 102 valence electrons. The summed E-state index contributed by atoms with van der Waals surface area (Å²) in [6, 6.07) is 5.64. The van der Waals surface area contributed by atoms with Gasteiger partial charge in [-0.3, -0.25) is 0 Å². The molecule has 2 nitrogen and oxygen atoms in total. The third-order valence-corrected chi connectivity index (χ3v) is 3.30. The number of ether oxygens (including phenoxy) is 1. The number of hydrogen-bond donors (Lipinski definition) is 1. The second-order valence-electron chi connectivity index (χ2n) is 5.40. The molecular formula is C15H24FNO. The first-order valence-corrected chi connectivity index (χ1v) is 6.48. The summed E-state index contributed by atoms with van der Waals surface area (Å²) >= 11 is 0. The van der Waals surface area contributed by atoms with Crippen molar-refractivity contribution in [2.75, 3.05) is 13.7 Å². The molecule has 1 atom stereocenters. The predicted octanol–water partition coefficient (Wildman–Crippen LogP) is 3.50. The molecule has 0 aliphatic carbocycles. The van der Waals surface area contributed by atoms with E-state index in [-0.39, 0.29) is 11.2 Å². The van der Waals surface area contributed by atoms with Crippen LogP contribution in [0.2, 0.25) is 0 Å². The van der Waals surface area contributed by atoms with Crippen molar-refractivity contribution < 1.29 is 9.13 Å². The zero-order valence-corrected chi connectivity index (χ0v) is 12.0. The molecular weight excluding hydrogens is 229 g/mol. The summed E-state index contributed by atoms with van der Waals surface area (Å²) in [4.78, 5) is 0. The number of methoxy groups -OCH3 is 1. The van der Waals surface area contributed by atoms with Crippen LogP contribution in [-0.2, 0) is 5.41 Å². The van der Waals surface area contributed by atoms with Crippen molar-refractivity contribution in [3.05, 3.63) is 29.6 Å². The van der Waals surface area contributed by atoms with Gasteiger partial charge in [-0.25, -0.2) is 4.39 Å². The fourth-order valence-electron chi connectivity index (χ4n) is 2.39. The maximum Gasteiger partial charge on any atom is 0.165 e. The monoisotopic (exact) mass is 253 g/mol. The topological polar surface area (TPSA) is 21.3 Å². The lowest BCUT2D eigenvalue weighted by Gasteiger charge is -2.29. The Kier molecular flexibility index (Phi) is 5.15. The molecule has 1 aromatic rings. The van der Waals surface area contributed by atoms with Gasteiger partial charge in [0.1, 0.15) is 0 Å². The van der Waals surface area contributed by atoms with Crippen LogP contribution in [-0.4, -0.2) is 19.7 Å². The Balaban J connectivity index is 2.87. The molecule has 0 fully saturated rings. The van der Waals surface area contributed by atoms with Gasteiger partial charge in [0.25, 0.3) is 0 Å². The maximum absolute atomic E-state index is 13.7. The molecule has 0 aromatic heterocycles. The van der Waals surface area contributed by atoms with Crippen LogP contribution in [0, 0.1) is 5.82 Å². The third kappa shape index (κ3) is 3.70. The van der Waals surface area contributed by atoms with E-state index in [2.05, 4.69) is 33.0 Å². The van der Waals surface area contributed by atoms with Crippen LogP contribution in [0.25, 0.3) is 0 Å². The Bertz CT molecular complexity index is 390. The lowest BCUT2D eigenvalue weighted by atomic mass is 9.79. The van der Waals surface area contributed by atoms with Crippen molar-refractivity contribution in [2.45, 2.75) is 45.6 Å². The van der Waals surface area contributed by atoms with Gasteiger partial charge >= 0.3 is 0 Å². The molecule has 0 saturated carbocycles.